The van der Waals surface area contributed by atoms with E-state index in [2.05, 4.69) is 4.98 Å². The summed E-state index contributed by atoms with van der Waals surface area (Å²) in [6, 6.07) is 6.18. The van der Waals surface area contributed by atoms with Gasteiger partial charge in [0, 0.05) is 22.5 Å². The zero-order chi connectivity index (χ0) is 18.1. The molecule has 2 heterocycles. The number of carboxylic acids is 2. The molecule has 2 unspecified atom stereocenters. The fraction of sp³-hybridized carbons (Fsp3) is 0.278. The molecule has 1 aromatic heterocycles. The number of carboxylic acid groups (broad SMARTS) is 2. The zero-order valence-electron chi connectivity index (χ0n) is 13.4. The number of fused-ring (bicyclic) bond motifs is 1. The second-order valence-corrected chi connectivity index (χ2v) is 6.37. The molecule has 2 N–H and O–H groups in total. The highest BCUT2D eigenvalue weighted by molar-refractivity contribution is 6.30. The SMILES string of the molecule is Cc1ncc2c(c1C(C(=O)O)C(C(=O)O)c1ccc(Cl)cc1)COC2. The Morgan fingerprint density at radius 2 is 1.76 bits per heavy atom. The van der Waals surface area contributed by atoms with Crippen molar-refractivity contribution in [3.05, 3.63) is 63.4 Å². The first kappa shape index (κ1) is 17.4. The monoisotopic (exact) mass is 361 g/mol. The molecule has 0 saturated carbocycles. The van der Waals surface area contributed by atoms with Crippen LogP contribution in [0.25, 0.3) is 0 Å². The van der Waals surface area contributed by atoms with Gasteiger partial charge in [0.2, 0.25) is 0 Å². The maximum absolute atomic E-state index is 12.1. The first-order chi connectivity index (χ1) is 11.9. The number of hydrogen-bond donors (Lipinski definition) is 2. The molecule has 2 atom stereocenters. The first-order valence-electron chi connectivity index (χ1n) is 7.66. The van der Waals surface area contributed by atoms with E-state index in [9.17, 15) is 19.8 Å². The van der Waals surface area contributed by atoms with Gasteiger partial charge in [-0.2, -0.15) is 0 Å². The molecular formula is C18H16ClNO5. The van der Waals surface area contributed by atoms with Crippen LogP contribution in [0.1, 0.15) is 39.8 Å². The number of aryl methyl sites for hydroxylation is 1. The van der Waals surface area contributed by atoms with Crippen molar-refractivity contribution >= 4 is 23.5 Å². The Bertz CT molecular complexity index is 834. The van der Waals surface area contributed by atoms with Crippen molar-refractivity contribution in [1.82, 2.24) is 4.98 Å². The summed E-state index contributed by atoms with van der Waals surface area (Å²) in [5, 5.41) is 20.1. The number of halogens is 1. The van der Waals surface area contributed by atoms with Crippen molar-refractivity contribution in [2.45, 2.75) is 32.0 Å². The number of nitrogens with zero attached hydrogens (tertiary/aromatic N) is 1. The highest BCUT2D eigenvalue weighted by atomic mass is 35.5. The summed E-state index contributed by atoms with van der Waals surface area (Å²) >= 11 is 5.87. The summed E-state index contributed by atoms with van der Waals surface area (Å²) in [6.45, 7) is 2.29. The van der Waals surface area contributed by atoms with E-state index >= 15 is 0 Å². The minimum absolute atomic E-state index is 0.255. The van der Waals surface area contributed by atoms with Crippen LogP contribution in [0.5, 0.6) is 0 Å². The molecule has 25 heavy (non-hydrogen) atoms. The molecule has 1 aliphatic heterocycles. The molecule has 7 heteroatoms. The Morgan fingerprint density at radius 3 is 2.36 bits per heavy atom. The van der Waals surface area contributed by atoms with E-state index in [1.165, 1.54) is 0 Å². The van der Waals surface area contributed by atoms with Crippen LogP contribution in [0.3, 0.4) is 0 Å². The van der Waals surface area contributed by atoms with E-state index in [0.717, 1.165) is 11.1 Å². The summed E-state index contributed by atoms with van der Waals surface area (Å²) < 4.78 is 5.40. The van der Waals surface area contributed by atoms with E-state index in [0.29, 0.717) is 28.5 Å². The maximum atomic E-state index is 12.1. The lowest BCUT2D eigenvalue weighted by Gasteiger charge is -2.24. The number of ether oxygens (including phenoxy) is 1. The molecular weight excluding hydrogens is 346 g/mol. The molecule has 130 valence electrons. The number of aromatic nitrogens is 1. The third-order valence-electron chi connectivity index (χ3n) is 4.43. The fourth-order valence-corrected chi connectivity index (χ4v) is 3.39. The van der Waals surface area contributed by atoms with Crippen LogP contribution >= 0.6 is 11.6 Å². The van der Waals surface area contributed by atoms with Crippen molar-refractivity contribution in [1.29, 1.82) is 0 Å². The van der Waals surface area contributed by atoms with Gasteiger partial charge in [0.25, 0.3) is 0 Å². The third-order valence-corrected chi connectivity index (χ3v) is 4.68. The van der Waals surface area contributed by atoms with E-state index in [4.69, 9.17) is 16.3 Å². The standard InChI is InChI=1S/C18H16ClNO5/c1-9-14(13-8-25-7-11(13)6-20-9)16(18(23)24)15(17(21)22)10-2-4-12(19)5-3-10/h2-6,15-16H,7-8H2,1H3,(H,21,22)(H,23,24). The van der Waals surface area contributed by atoms with Crippen LogP contribution in [0.2, 0.25) is 5.02 Å². The molecule has 0 saturated heterocycles. The number of hydrogen-bond acceptors (Lipinski definition) is 4. The van der Waals surface area contributed by atoms with Gasteiger partial charge in [0.05, 0.1) is 19.1 Å². The number of rotatable bonds is 5. The Kier molecular flexibility index (Phi) is 4.74. The van der Waals surface area contributed by atoms with Crippen molar-refractivity contribution in [2.75, 3.05) is 0 Å². The van der Waals surface area contributed by atoms with Gasteiger partial charge in [-0.05, 0) is 35.7 Å². The first-order valence-corrected chi connectivity index (χ1v) is 8.04. The van der Waals surface area contributed by atoms with Gasteiger partial charge in [0.15, 0.2) is 0 Å². The van der Waals surface area contributed by atoms with Crippen LogP contribution in [0.4, 0.5) is 0 Å². The number of aliphatic carboxylic acids is 2. The predicted octanol–water partition coefficient (Wildman–Crippen LogP) is 3.11. The average molecular weight is 362 g/mol. The minimum atomic E-state index is -1.28. The summed E-state index contributed by atoms with van der Waals surface area (Å²) in [5.41, 5.74) is 2.81. The molecule has 1 aliphatic rings. The Hall–Kier alpha value is -2.44. The van der Waals surface area contributed by atoms with E-state index in [1.807, 2.05) is 0 Å². The third kappa shape index (κ3) is 3.23. The summed E-state index contributed by atoms with van der Waals surface area (Å²) in [5.74, 6) is -4.97. The molecule has 3 rings (SSSR count). The smallest absolute Gasteiger partial charge is 0.312 e. The lowest BCUT2D eigenvalue weighted by Crippen LogP contribution is -2.28. The van der Waals surface area contributed by atoms with Gasteiger partial charge in [-0.3, -0.25) is 14.6 Å². The lowest BCUT2D eigenvalue weighted by atomic mass is 9.78. The predicted molar refractivity (Wildman–Crippen MR) is 89.7 cm³/mol. The second kappa shape index (κ2) is 6.82. The van der Waals surface area contributed by atoms with Gasteiger partial charge in [-0.25, -0.2) is 0 Å². The van der Waals surface area contributed by atoms with Crippen molar-refractivity contribution in [3.63, 3.8) is 0 Å². The van der Waals surface area contributed by atoms with E-state index in [-0.39, 0.29) is 6.61 Å². The Balaban J connectivity index is 2.18. The van der Waals surface area contributed by atoms with Gasteiger partial charge in [-0.15, -0.1) is 0 Å². The Morgan fingerprint density at radius 1 is 1.12 bits per heavy atom. The lowest BCUT2D eigenvalue weighted by molar-refractivity contribution is -0.147. The van der Waals surface area contributed by atoms with Gasteiger partial charge in [-0.1, -0.05) is 23.7 Å². The van der Waals surface area contributed by atoms with Crippen LogP contribution < -0.4 is 0 Å². The quantitative estimate of drug-likeness (QED) is 0.849. The molecule has 1 aromatic carbocycles. The zero-order valence-corrected chi connectivity index (χ0v) is 14.2. The maximum Gasteiger partial charge on any atom is 0.312 e. The second-order valence-electron chi connectivity index (χ2n) is 5.94. The fourth-order valence-electron chi connectivity index (χ4n) is 3.26. The Labute approximate surface area is 149 Å². The summed E-state index contributed by atoms with van der Waals surface area (Å²) in [6.07, 6.45) is 1.65. The van der Waals surface area contributed by atoms with E-state index in [1.54, 1.807) is 37.4 Å². The van der Waals surface area contributed by atoms with Gasteiger partial charge in [0.1, 0.15) is 5.92 Å². The number of benzene rings is 1. The molecule has 0 bridgehead atoms. The van der Waals surface area contributed by atoms with Crippen LogP contribution in [0, 0.1) is 6.92 Å². The topological polar surface area (TPSA) is 96.7 Å². The molecule has 0 spiro atoms. The highest BCUT2D eigenvalue weighted by Crippen LogP contribution is 2.39. The molecule has 0 amide bonds. The number of carbonyl (C=O) groups is 2. The van der Waals surface area contributed by atoms with Crippen molar-refractivity contribution in [3.8, 4) is 0 Å². The summed E-state index contributed by atoms with van der Waals surface area (Å²) in [4.78, 5) is 28.3. The van der Waals surface area contributed by atoms with Crippen LogP contribution in [-0.2, 0) is 27.5 Å². The summed E-state index contributed by atoms with van der Waals surface area (Å²) in [7, 11) is 0. The van der Waals surface area contributed by atoms with Crippen molar-refractivity contribution in [2.24, 2.45) is 0 Å². The largest absolute Gasteiger partial charge is 0.481 e. The van der Waals surface area contributed by atoms with Crippen LogP contribution in [0.15, 0.2) is 30.5 Å². The molecule has 0 radical (unpaired) electrons. The van der Waals surface area contributed by atoms with Gasteiger partial charge < -0.3 is 14.9 Å². The molecule has 6 nitrogen and oxygen atoms in total. The van der Waals surface area contributed by atoms with Gasteiger partial charge >= 0.3 is 11.9 Å². The highest BCUT2D eigenvalue weighted by Gasteiger charge is 2.40. The number of pyridine rings is 1. The van der Waals surface area contributed by atoms with E-state index < -0.39 is 23.8 Å². The molecule has 2 aromatic rings. The minimum Gasteiger partial charge on any atom is -0.481 e. The molecule has 0 aliphatic carbocycles. The van der Waals surface area contributed by atoms with Crippen molar-refractivity contribution < 1.29 is 24.5 Å². The van der Waals surface area contributed by atoms with Crippen LogP contribution in [-0.4, -0.2) is 27.1 Å². The molecule has 0 fully saturated rings. The normalized spacial score (nSPS) is 15.4. The average Bonchev–Trinajstić information content (AvgIpc) is 3.02.